The summed E-state index contributed by atoms with van der Waals surface area (Å²) >= 11 is 0. The van der Waals surface area contributed by atoms with Gasteiger partial charge in [-0.25, -0.2) is 0 Å². The Kier molecular flexibility index (Phi) is 16.2. The first-order valence-electron chi connectivity index (χ1n) is 6.10. The summed E-state index contributed by atoms with van der Waals surface area (Å²) in [5, 5.41) is 25.7. The maximum atomic E-state index is 11.3. The summed E-state index contributed by atoms with van der Waals surface area (Å²) in [6, 6.07) is -0.552. The zero-order chi connectivity index (χ0) is 13.1. The van der Waals surface area contributed by atoms with Gasteiger partial charge in [0.2, 0.25) is 0 Å². The minimum absolute atomic E-state index is 0. The number of allylic oxidation sites excluding steroid dienone is 1. The standard InChI is InChI=1S/C12H24N2O3.K/c1-3-4-5-6-11(15)9-13-7-8-14-10(2)12(16)17;/h6,10,13-15H,3-5,7-9H2,1-2H3,(H,16,17);/q;+1/p-1/b11-6-;. The Labute approximate surface area is 152 Å². The predicted octanol–water partition coefficient (Wildman–Crippen LogP) is -2.92. The zero-order valence-corrected chi connectivity index (χ0v) is 14.8. The van der Waals surface area contributed by atoms with Gasteiger partial charge < -0.3 is 20.8 Å². The van der Waals surface area contributed by atoms with Gasteiger partial charge in [-0.3, -0.25) is 4.79 Å². The summed E-state index contributed by atoms with van der Waals surface area (Å²) in [6.07, 6.45) is 4.69. The fourth-order valence-electron chi connectivity index (χ4n) is 1.22. The van der Waals surface area contributed by atoms with E-state index in [0.717, 1.165) is 19.3 Å². The van der Waals surface area contributed by atoms with E-state index < -0.39 is 12.0 Å². The molecule has 3 N–H and O–H groups in total. The van der Waals surface area contributed by atoms with Gasteiger partial charge in [0.15, 0.2) is 0 Å². The van der Waals surface area contributed by atoms with Crippen LogP contribution in [0.25, 0.3) is 0 Å². The molecule has 18 heavy (non-hydrogen) atoms. The van der Waals surface area contributed by atoms with Crippen LogP contribution in [0.3, 0.4) is 0 Å². The van der Waals surface area contributed by atoms with Crippen molar-refractivity contribution in [1.29, 1.82) is 0 Å². The minimum atomic E-state index is -0.867. The van der Waals surface area contributed by atoms with Crippen molar-refractivity contribution < 1.29 is 66.4 Å². The molecule has 0 aliphatic carbocycles. The molecule has 6 heteroatoms. The minimum Gasteiger partial charge on any atom is -0.875 e. The van der Waals surface area contributed by atoms with Crippen LogP contribution in [-0.4, -0.2) is 36.8 Å². The fourth-order valence-corrected chi connectivity index (χ4v) is 1.22. The van der Waals surface area contributed by atoms with Crippen LogP contribution in [0.5, 0.6) is 0 Å². The monoisotopic (exact) mass is 282 g/mol. The molecule has 5 nitrogen and oxygen atoms in total. The number of aliphatic carboxylic acids is 1. The molecule has 0 aliphatic rings. The van der Waals surface area contributed by atoms with Gasteiger partial charge in [-0.2, -0.15) is 0 Å². The van der Waals surface area contributed by atoms with Crippen molar-refractivity contribution in [1.82, 2.24) is 10.6 Å². The number of rotatable bonds is 10. The Hall–Kier alpha value is 0.566. The van der Waals surface area contributed by atoms with Gasteiger partial charge in [0, 0.05) is 19.6 Å². The zero-order valence-electron chi connectivity index (χ0n) is 11.7. The molecule has 0 saturated heterocycles. The third kappa shape index (κ3) is 13.0. The molecule has 0 aliphatic heterocycles. The second-order valence-electron chi connectivity index (χ2n) is 4.00. The summed E-state index contributed by atoms with van der Waals surface area (Å²) in [6.45, 7) is 5.13. The Morgan fingerprint density at radius 3 is 2.67 bits per heavy atom. The Bertz CT molecular complexity index is 247. The molecular weight excluding hydrogens is 259 g/mol. The molecule has 0 fully saturated rings. The molecule has 0 spiro atoms. The third-order valence-electron chi connectivity index (χ3n) is 2.35. The predicted molar refractivity (Wildman–Crippen MR) is 65.6 cm³/mol. The maximum Gasteiger partial charge on any atom is 1.00 e. The molecule has 0 heterocycles. The number of carboxylic acids is 1. The van der Waals surface area contributed by atoms with Crippen molar-refractivity contribution in [2.24, 2.45) is 0 Å². The van der Waals surface area contributed by atoms with Gasteiger partial charge in [0.05, 0.1) is 0 Å². The van der Waals surface area contributed by atoms with Crippen molar-refractivity contribution in [3.05, 3.63) is 11.8 Å². The molecule has 0 rings (SSSR count). The van der Waals surface area contributed by atoms with E-state index in [9.17, 15) is 9.90 Å². The molecule has 0 radical (unpaired) electrons. The average molecular weight is 282 g/mol. The van der Waals surface area contributed by atoms with Gasteiger partial charge in [-0.15, -0.1) is 5.76 Å². The van der Waals surface area contributed by atoms with E-state index in [-0.39, 0.29) is 57.1 Å². The summed E-state index contributed by atoms with van der Waals surface area (Å²) in [4.78, 5) is 10.5. The van der Waals surface area contributed by atoms with E-state index in [0.29, 0.717) is 19.6 Å². The SMILES string of the molecule is CCCC/C=C(\[O-])CNCCNC(C)C(=O)O.[K+]. The van der Waals surface area contributed by atoms with E-state index in [4.69, 9.17) is 5.11 Å². The number of hydrogen-bond acceptors (Lipinski definition) is 4. The molecule has 0 aromatic rings. The van der Waals surface area contributed by atoms with E-state index in [1.54, 1.807) is 13.0 Å². The van der Waals surface area contributed by atoms with E-state index in [1.807, 2.05) is 0 Å². The Morgan fingerprint density at radius 2 is 2.11 bits per heavy atom. The molecule has 1 atom stereocenters. The quantitative estimate of drug-likeness (QED) is 0.227. The number of carbonyl (C=O) groups is 1. The van der Waals surface area contributed by atoms with Gasteiger partial charge in [0.25, 0.3) is 0 Å². The summed E-state index contributed by atoms with van der Waals surface area (Å²) in [7, 11) is 0. The number of nitrogens with one attached hydrogen (secondary N) is 2. The molecule has 0 saturated carbocycles. The molecule has 0 aromatic heterocycles. The van der Waals surface area contributed by atoms with Crippen LogP contribution in [-0.2, 0) is 4.79 Å². The fraction of sp³-hybridized carbons (Fsp3) is 0.750. The van der Waals surface area contributed by atoms with Crippen molar-refractivity contribution in [3.63, 3.8) is 0 Å². The molecule has 0 amide bonds. The van der Waals surface area contributed by atoms with E-state index >= 15 is 0 Å². The van der Waals surface area contributed by atoms with E-state index in [2.05, 4.69) is 17.6 Å². The average Bonchev–Trinajstić information content (AvgIpc) is 2.28. The van der Waals surface area contributed by atoms with Crippen LogP contribution in [0.2, 0.25) is 0 Å². The van der Waals surface area contributed by atoms with Crippen LogP contribution in [0, 0.1) is 0 Å². The van der Waals surface area contributed by atoms with Gasteiger partial charge in [-0.05, 0) is 13.3 Å². The molecule has 0 bridgehead atoms. The number of unbranched alkanes of at least 4 members (excludes halogenated alkanes) is 2. The summed E-state index contributed by atoms with van der Waals surface area (Å²) in [5.41, 5.74) is 0. The molecule has 0 aromatic carbocycles. The summed E-state index contributed by atoms with van der Waals surface area (Å²) in [5.74, 6) is -0.765. The first-order valence-corrected chi connectivity index (χ1v) is 6.10. The van der Waals surface area contributed by atoms with Crippen LogP contribution < -0.4 is 67.1 Å². The van der Waals surface area contributed by atoms with Crippen molar-refractivity contribution in [2.75, 3.05) is 19.6 Å². The number of hydrogen-bond donors (Lipinski definition) is 3. The third-order valence-corrected chi connectivity index (χ3v) is 2.35. The van der Waals surface area contributed by atoms with Crippen molar-refractivity contribution in [2.45, 2.75) is 39.2 Å². The summed E-state index contributed by atoms with van der Waals surface area (Å²) < 4.78 is 0. The first-order chi connectivity index (χ1) is 8.07. The van der Waals surface area contributed by atoms with E-state index in [1.165, 1.54) is 0 Å². The van der Waals surface area contributed by atoms with Crippen LogP contribution in [0.15, 0.2) is 11.8 Å². The van der Waals surface area contributed by atoms with Gasteiger partial charge in [0.1, 0.15) is 6.04 Å². The first kappa shape index (κ1) is 20.9. The maximum absolute atomic E-state index is 11.3. The largest absolute Gasteiger partial charge is 1.00 e. The smallest absolute Gasteiger partial charge is 0.875 e. The molecular formula is C12H23KN2O3. The topological polar surface area (TPSA) is 84.4 Å². The van der Waals surface area contributed by atoms with Crippen LogP contribution >= 0.6 is 0 Å². The van der Waals surface area contributed by atoms with Gasteiger partial charge >= 0.3 is 57.4 Å². The van der Waals surface area contributed by atoms with Crippen molar-refractivity contribution in [3.8, 4) is 0 Å². The second-order valence-corrected chi connectivity index (χ2v) is 4.00. The normalized spacial score (nSPS) is 12.9. The molecule has 100 valence electrons. The Morgan fingerprint density at radius 1 is 1.44 bits per heavy atom. The Balaban J connectivity index is 0. The number of carboxylic acid groups (broad SMARTS) is 1. The van der Waals surface area contributed by atoms with Gasteiger partial charge in [-0.1, -0.05) is 25.8 Å². The van der Waals surface area contributed by atoms with Crippen LogP contribution in [0.1, 0.15) is 33.1 Å². The molecule has 1 unspecified atom stereocenters. The second kappa shape index (κ2) is 14.0. The van der Waals surface area contributed by atoms with Crippen molar-refractivity contribution >= 4 is 5.97 Å². The van der Waals surface area contributed by atoms with Crippen LogP contribution in [0.4, 0.5) is 0 Å².